The summed E-state index contributed by atoms with van der Waals surface area (Å²) in [5, 5.41) is 10.4. The maximum absolute atomic E-state index is 10.4. The summed E-state index contributed by atoms with van der Waals surface area (Å²) >= 11 is 0. The highest BCUT2D eigenvalue weighted by molar-refractivity contribution is 5.03. The zero-order valence-corrected chi connectivity index (χ0v) is 9.61. The third-order valence-corrected chi connectivity index (χ3v) is 3.74. The van der Waals surface area contributed by atoms with Crippen LogP contribution in [0.5, 0.6) is 0 Å². The van der Waals surface area contributed by atoms with Crippen LogP contribution in [0.4, 0.5) is 0 Å². The highest BCUT2D eigenvalue weighted by Crippen LogP contribution is 2.46. The van der Waals surface area contributed by atoms with Crippen LogP contribution in [0.25, 0.3) is 0 Å². The molecule has 1 aliphatic carbocycles. The van der Waals surface area contributed by atoms with Gasteiger partial charge in [-0.05, 0) is 19.8 Å². The number of hydrogen-bond donors (Lipinski definition) is 1. The van der Waals surface area contributed by atoms with E-state index in [0.29, 0.717) is 0 Å². The van der Waals surface area contributed by atoms with E-state index in [1.54, 1.807) is 6.20 Å². The van der Waals surface area contributed by atoms with Crippen molar-refractivity contribution in [1.82, 2.24) is 9.55 Å². The van der Waals surface area contributed by atoms with Crippen molar-refractivity contribution in [2.45, 2.75) is 52.2 Å². The van der Waals surface area contributed by atoms with E-state index in [9.17, 15) is 5.11 Å². The number of aryl methyl sites for hydroxylation is 1. The zero-order valence-electron chi connectivity index (χ0n) is 9.61. The lowest BCUT2D eigenvalue weighted by Crippen LogP contribution is -2.24. The molecule has 0 aliphatic heterocycles. The molecule has 3 heteroatoms. The average molecular weight is 208 g/mol. The Bertz CT molecular complexity index is 326. The van der Waals surface area contributed by atoms with E-state index < -0.39 is 6.10 Å². The number of imidazole rings is 1. The van der Waals surface area contributed by atoms with E-state index in [2.05, 4.69) is 18.8 Å². The molecular weight excluding hydrogens is 188 g/mol. The van der Waals surface area contributed by atoms with E-state index in [-0.39, 0.29) is 5.41 Å². The Kier molecular flexibility index (Phi) is 2.83. The predicted octanol–water partition coefficient (Wildman–Crippen LogP) is 2.52. The van der Waals surface area contributed by atoms with Gasteiger partial charge in [-0.3, -0.25) is 0 Å². The van der Waals surface area contributed by atoms with Crippen molar-refractivity contribution in [2.75, 3.05) is 0 Å². The van der Waals surface area contributed by atoms with Gasteiger partial charge in [0.05, 0.1) is 0 Å². The molecule has 1 aromatic heterocycles. The maximum atomic E-state index is 10.4. The Morgan fingerprint density at radius 2 is 2.20 bits per heavy atom. The molecule has 84 valence electrons. The topological polar surface area (TPSA) is 38.0 Å². The van der Waals surface area contributed by atoms with Gasteiger partial charge >= 0.3 is 0 Å². The van der Waals surface area contributed by atoms with Gasteiger partial charge in [-0.2, -0.15) is 0 Å². The zero-order chi connectivity index (χ0) is 10.9. The van der Waals surface area contributed by atoms with Gasteiger partial charge in [0, 0.05) is 24.4 Å². The molecule has 1 aromatic rings. The first kappa shape index (κ1) is 10.7. The monoisotopic (exact) mass is 208 g/mol. The van der Waals surface area contributed by atoms with Crippen LogP contribution < -0.4 is 0 Å². The van der Waals surface area contributed by atoms with Crippen LogP contribution in [0.15, 0.2) is 12.4 Å². The predicted molar refractivity (Wildman–Crippen MR) is 59.4 cm³/mol. The normalized spacial score (nSPS) is 21.8. The number of rotatable bonds is 3. The van der Waals surface area contributed by atoms with Crippen LogP contribution in [-0.2, 0) is 6.54 Å². The minimum Gasteiger partial charge on any atom is -0.385 e. The average Bonchev–Trinajstić information content (AvgIpc) is 2.85. The quantitative estimate of drug-likeness (QED) is 0.828. The summed E-state index contributed by atoms with van der Waals surface area (Å²) in [5.74, 6) is 0.835. The van der Waals surface area contributed by atoms with Gasteiger partial charge in [0.15, 0.2) is 0 Å². The molecule has 1 atom stereocenters. The standard InChI is InChI=1S/C12H20N2O/c1-3-14-9-8-13-11(14)10(15)12(2)6-4-5-7-12/h8-10,15H,3-7H2,1-2H3. The Labute approximate surface area is 91.1 Å². The molecule has 1 N–H and O–H groups in total. The number of hydrogen-bond acceptors (Lipinski definition) is 2. The summed E-state index contributed by atoms with van der Waals surface area (Å²) in [7, 11) is 0. The number of aliphatic hydroxyl groups is 1. The summed E-state index contributed by atoms with van der Waals surface area (Å²) in [6.45, 7) is 5.14. The Morgan fingerprint density at radius 3 is 2.80 bits per heavy atom. The van der Waals surface area contributed by atoms with E-state index >= 15 is 0 Å². The SMILES string of the molecule is CCn1ccnc1C(O)C1(C)CCCC1. The third-order valence-electron chi connectivity index (χ3n) is 3.74. The van der Waals surface area contributed by atoms with Gasteiger partial charge in [-0.15, -0.1) is 0 Å². The molecule has 3 nitrogen and oxygen atoms in total. The number of aliphatic hydroxyl groups excluding tert-OH is 1. The molecule has 1 aliphatic rings. The molecule has 0 bridgehead atoms. The van der Waals surface area contributed by atoms with Gasteiger partial charge in [0.1, 0.15) is 11.9 Å². The lowest BCUT2D eigenvalue weighted by Gasteiger charge is -2.29. The first-order valence-corrected chi connectivity index (χ1v) is 5.86. The van der Waals surface area contributed by atoms with Crippen molar-refractivity contribution in [2.24, 2.45) is 5.41 Å². The van der Waals surface area contributed by atoms with Crippen LogP contribution in [0, 0.1) is 5.41 Å². The largest absolute Gasteiger partial charge is 0.385 e. The van der Waals surface area contributed by atoms with E-state index in [4.69, 9.17) is 0 Å². The molecular formula is C12H20N2O. The summed E-state index contributed by atoms with van der Waals surface area (Å²) in [6.07, 6.45) is 8.02. The lowest BCUT2D eigenvalue weighted by molar-refractivity contribution is 0.0309. The molecule has 15 heavy (non-hydrogen) atoms. The third kappa shape index (κ3) is 1.81. The molecule has 0 saturated heterocycles. The molecule has 2 rings (SSSR count). The minimum atomic E-state index is -0.407. The highest BCUT2D eigenvalue weighted by Gasteiger charge is 2.38. The van der Waals surface area contributed by atoms with E-state index in [0.717, 1.165) is 25.2 Å². The minimum absolute atomic E-state index is 0.0400. The Hall–Kier alpha value is -0.830. The fourth-order valence-corrected chi connectivity index (χ4v) is 2.60. The molecule has 0 amide bonds. The first-order chi connectivity index (χ1) is 7.17. The van der Waals surface area contributed by atoms with Crippen LogP contribution in [0.1, 0.15) is 51.5 Å². The van der Waals surface area contributed by atoms with Crippen molar-refractivity contribution in [3.8, 4) is 0 Å². The van der Waals surface area contributed by atoms with Crippen molar-refractivity contribution in [1.29, 1.82) is 0 Å². The molecule has 0 spiro atoms. The second-order valence-electron chi connectivity index (χ2n) is 4.84. The second-order valence-corrected chi connectivity index (χ2v) is 4.84. The van der Waals surface area contributed by atoms with Crippen molar-refractivity contribution in [3.63, 3.8) is 0 Å². The van der Waals surface area contributed by atoms with Crippen molar-refractivity contribution >= 4 is 0 Å². The fraction of sp³-hybridized carbons (Fsp3) is 0.750. The summed E-state index contributed by atoms with van der Waals surface area (Å²) < 4.78 is 2.04. The lowest BCUT2D eigenvalue weighted by atomic mass is 9.82. The smallest absolute Gasteiger partial charge is 0.138 e. The van der Waals surface area contributed by atoms with Gasteiger partial charge in [0.2, 0.25) is 0 Å². The Balaban J connectivity index is 2.23. The van der Waals surface area contributed by atoms with Crippen LogP contribution in [0.3, 0.4) is 0 Å². The Morgan fingerprint density at radius 1 is 1.53 bits per heavy atom. The number of nitrogens with zero attached hydrogens (tertiary/aromatic N) is 2. The van der Waals surface area contributed by atoms with Crippen molar-refractivity contribution in [3.05, 3.63) is 18.2 Å². The molecule has 1 saturated carbocycles. The van der Waals surface area contributed by atoms with Gasteiger partial charge in [-0.1, -0.05) is 19.8 Å². The second kappa shape index (κ2) is 3.97. The van der Waals surface area contributed by atoms with E-state index in [1.807, 2.05) is 10.8 Å². The first-order valence-electron chi connectivity index (χ1n) is 5.86. The highest BCUT2D eigenvalue weighted by atomic mass is 16.3. The maximum Gasteiger partial charge on any atom is 0.138 e. The van der Waals surface area contributed by atoms with Gasteiger partial charge in [-0.25, -0.2) is 4.98 Å². The number of aromatic nitrogens is 2. The molecule has 0 radical (unpaired) electrons. The van der Waals surface area contributed by atoms with Gasteiger partial charge in [0.25, 0.3) is 0 Å². The van der Waals surface area contributed by atoms with Crippen LogP contribution >= 0.6 is 0 Å². The molecule has 1 fully saturated rings. The van der Waals surface area contributed by atoms with Crippen molar-refractivity contribution < 1.29 is 5.11 Å². The van der Waals surface area contributed by atoms with Crippen LogP contribution in [-0.4, -0.2) is 14.7 Å². The molecule has 0 aromatic carbocycles. The van der Waals surface area contributed by atoms with E-state index in [1.165, 1.54) is 12.8 Å². The summed E-state index contributed by atoms with van der Waals surface area (Å²) in [4.78, 5) is 4.29. The molecule has 1 unspecified atom stereocenters. The molecule has 1 heterocycles. The van der Waals surface area contributed by atoms with Crippen LogP contribution in [0.2, 0.25) is 0 Å². The van der Waals surface area contributed by atoms with Gasteiger partial charge < -0.3 is 9.67 Å². The fourth-order valence-electron chi connectivity index (χ4n) is 2.60. The summed E-state index contributed by atoms with van der Waals surface area (Å²) in [5.41, 5.74) is 0.0400. The summed E-state index contributed by atoms with van der Waals surface area (Å²) in [6, 6.07) is 0.